The molecule has 7 aromatic rings. The van der Waals surface area contributed by atoms with Crippen LogP contribution in [0, 0.1) is 27.7 Å². The van der Waals surface area contributed by atoms with Crippen molar-refractivity contribution >= 4 is 21.8 Å². The second-order valence-corrected chi connectivity index (χ2v) is 14.9. The van der Waals surface area contributed by atoms with Crippen molar-refractivity contribution in [1.29, 1.82) is 0 Å². The summed E-state index contributed by atoms with van der Waals surface area (Å²) < 4.78 is 11.2. The number of hydrogen-bond acceptors (Lipinski definition) is 3. The summed E-state index contributed by atoms with van der Waals surface area (Å²) in [6.45, 7) is 20.0. The van der Waals surface area contributed by atoms with Crippen molar-refractivity contribution in [3.8, 4) is 34.1 Å². The minimum absolute atomic E-state index is 0.256. The molecule has 260 valence electrons. The van der Waals surface area contributed by atoms with Gasteiger partial charge in [0.05, 0.1) is 28.1 Å². The first kappa shape index (κ1) is 34.3. The molecule has 0 aliphatic rings. The van der Waals surface area contributed by atoms with Crippen molar-refractivity contribution in [3.63, 3.8) is 0 Å². The Morgan fingerprint density at radius 2 is 1.45 bits per heavy atom. The number of ether oxygens (including phenoxy) is 1. The summed E-state index contributed by atoms with van der Waals surface area (Å²) in [7, 11) is 0. The Kier molecular flexibility index (Phi) is 9.32. The van der Waals surface area contributed by atoms with Crippen LogP contribution in [0.3, 0.4) is 0 Å². The molecule has 0 saturated heterocycles. The van der Waals surface area contributed by atoms with Crippen LogP contribution in [0.5, 0.6) is 11.5 Å². The lowest BCUT2D eigenvalue weighted by Crippen LogP contribution is -2.06. The fraction of sp³-hybridized carbons (Fsp3) is 0.304. The highest BCUT2D eigenvalue weighted by molar-refractivity contribution is 6.09. The highest BCUT2D eigenvalue weighted by atomic mass is 16.5. The number of unbranched alkanes of at least 4 members (excludes halogenated alkanes) is 1. The molecule has 0 aliphatic carbocycles. The van der Waals surface area contributed by atoms with Crippen molar-refractivity contribution in [3.05, 3.63) is 130 Å². The van der Waals surface area contributed by atoms with Gasteiger partial charge in [0.2, 0.25) is 0 Å². The summed E-state index contributed by atoms with van der Waals surface area (Å²) in [6, 6.07) is 30.5. The molecule has 0 unspecified atom stereocenters. The monoisotopic (exact) mass is 674 g/mol. The van der Waals surface area contributed by atoms with Crippen LogP contribution in [0.4, 0.5) is 0 Å². The lowest BCUT2D eigenvalue weighted by Gasteiger charge is -2.18. The Labute approximate surface area is 302 Å². The Bertz CT molecular complexity index is 2370. The molecule has 5 heteroatoms. The third kappa shape index (κ3) is 6.46. The number of fused-ring (bicyclic) bond motifs is 3. The van der Waals surface area contributed by atoms with E-state index in [-0.39, 0.29) is 5.92 Å². The molecule has 5 nitrogen and oxygen atoms in total. The van der Waals surface area contributed by atoms with Crippen LogP contribution in [0.15, 0.2) is 91.1 Å². The van der Waals surface area contributed by atoms with Crippen LogP contribution in [0.2, 0.25) is 0 Å². The average molecular weight is 675 g/mol. The molecule has 51 heavy (non-hydrogen) atoms. The van der Waals surface area contributed by atoms with Crippen molar-refractivity contribution < 1.29 is 4.74 Å². The lowest BCUT2D eigenvalue weighted by molar-refractivity contribution is 0.481. The van der Waals surface area contributed by atoms with E-state index < -0.39 is 0 Å². The Hall–Kier alpha value is -5.16. The molecular formula is C46H50N4O. The van der Waals surface area contributed by atoms with Gasteiger partial charge in [0, 0.05) is 34.7 Å². The summed E-state index contributed by atoms with van der Waals surface area (Å²) in [5.74, 6) is 3.08. The predicted molar refractivity (Wildman–Crippen MR) is 213 cm³/mol. The van der Waals surface area contributed by atoms with Gasteiger partial charge in [-0.05, 0) is 123 Å². The number of para-hydroxylation sites is 1. The molecule has 3 heterocycles. The molecule has 0 bridgehead atoms. The van der Waals surface area contributed by atoms with Crippen LogP contribution >= 0.6 is 0 Å². The van der Waals surface area contributed by atoms with Crippen LogP contribution in [0.1, 0.15) is 98.5 Å². The number of nitrogens with zero attached hydrogens (tertiary/aromatic N) is 4. The lowest BCUT2D eigenvalue weighted by atomic mass is 9.90. The summed E-state index contributed by atoms with van der Waals surface area (Å²) in [5.41, 5.74) is 14.4. The van der Waals surface area contributed by atoms with Crippen molar-refractivity contribution in [2.24, 2.45) is 0 Å². The van der Waals surface area contributed by atoms with Gasteiger partial charge in [0.15, 0.2) is 0 Å². The molecule has 4 aromatic carbocycles. The zero-order valence-corrected chi connectivity index (χ0v) is 31.6. The number of pyridine rings is 1. The first-order chi connectivity index (χ1) is 24.5. The number of aromatic nitrogens is 4. The number of benzene rings is 4. The van der Waals surface area contributed by atoms with Crippen LogP contribution in [-0.4, -0.2) is 19.3 Å². The molecular weight excluding hydrogens is 625 g/mol. The van der Waals surface area contributed by atoms with E-state index in [1.165, 1.54) is 61.8 Å². The van der Waals surface area contributed by atoms with Gasteiger partial charge >= 0.3 is 0 Å². The van der Waals surface area contributed by atoms with Gasteiger partial charge in [-0.15, -0.1) is 0 Å². The summed E-state index contributed by atoms with van der Waals surface area (Å²) in [4.78, 5) is 4.86. The van der Waals surface area contributed by atoms with Crippen LogP contribution < -0.4 is 4.74 Å². The molecule has 0 spiro atoms. The molecule has 0 radical (unpaired) electrons. The third-order valence-corrected chi connectivity index (χ3v) is 10.1. The van der Waals surface area contributed by atoms with E-state index in [0.717, 1.165) is 52.6 Å². The zero-order valence-electron chi connectivity index (χ0n) is 31.6. The second kappa shape index (κ2) is 13.9. The number of rotatable bonds is 10. The fourth-order valence-electron chi connectivity index (χ4n) is 7.79. The number of hydrogen-bond donors (Lipinski definition) is 0. The molecule has 0 saturated carbocycles. The molecule has 0 N–H and O–H groups in total. The van der Waals surface area contributed by atoms with Gasteiger partial charge in [-0.3, -0.25) is 4.57 Å². The Morgan fingerprint density at radius 1 is 0.706 bits per heavy atom. The van der Waals surface area contributed by atoms with Gasteiger partial charge in [0.25, 0.3) is 0 Å². The molecule has 0 fully saturated rings. The van der Waals surface area contributed by atoms with Crippen LogP contribution in [-0.2, 0) is 6.42 Å². The van der Waals surface area contributed by atoms with Crippen molar-refractivity contribution in [2.45, 2.75) is 93.4 Å². The minimum Gasteiger partial charge on any atom is -0.457 e. The third-order valence-electron chi connectivity index (χ3n) is 10.1. The van der Waals surface area contributed by atoms with E-state index in [1.807, 2.05) is 6.20 Å². The van der Waals surface area contributed by atoms with Gasteiger partial charge in [-0.2, -0.15) is 5.10 Å². The van der Waals surface area contributed by atoms with E-state index in [0.29, 0.717) is 5.92 Å². The molecule has 0 aliphatic heterocycles. The fourth-order valence-corrected chi connectivity index (χ4v) is 7.79. The van der Waals surface area contributed by atoms with Crippen molar-refractivity contribution in [1.82, 2.24) is 19.3 Å². The maximum atomic E-state index is 6.80. The molecule has 7 rings (SSSR count). The summed E-state index contributed by atoms with van der Waals surface area (Å²) in [6.07, 6.45) is 5.32. The highest BCUT2D eigenvalue weighted by Crippen LogP contribution is 2.40. The predicted octanol–water partition coefficient (Wildman–Crippen LogP) is 12.6. The average Bonchev–Trinajstić information content (AvgIpc) is 3.61. The quantitative estimate of drug-likeness (QED) is 0.145. The highest BCUT2D eigenvalue weighted by Gasteiger charge is 2.24. The van der Waals surface area contributed by atoms with E-state index in [9.17, 15) is 0 Å². The van der Waals surface area contributed by atoms with E-state index in [1.54, 1.807) is 0 Å². The first-order valence-corrected chi connectivity index (χ1v) is 18.5. The summed E-state index contributed by atoms with van der Waals surface area (Å²) in [5, 5.41) is 7.60. The van der Waals surface area contributed by atoms with Gasteiger partial charge in [-0.1, -0.05) is 76.9 Å². The minimum atomic E-state index is 0.256. The van der Waals surface area contributed by atoms with Crippen molar-refractivity contribution in [2.75, 3.05) is 0 Å². The van der Waals surface area contributed by atoms with Crippen LogP contribution in [0.25, 0.3) is 44.4 Å². The molecule has 0 atom stereocenters. The van der Waals surface area contributed by atoms with Gasteiger partial charge in [0.1, 0.15) is 17.3 Å². The second-order valence-electron chi connectivity index (χ2n) is 14.9. The van der Waals surface area contributed by atoms with E-state index in [2.05, 4.69) is 156 Å². The molecule has 3 aromatic heterocycles. The molecule has 0 amide bonds. The standard InChI is InChI=1S/C46H50N4O/c1-10-11-14-34-19-20-47-43(23-34)49-41-16-13-12-15-39(41)40-18-17-37(27-42(40)49)51-38-25-35(28(2)3)24-36(26-38)50-46(29(4)5)45(33(9)48-50)44-31(7)21-30(6)22-32(44)8/h12-13,15-29H,10-11,14H2,1-9H3. The first-order valence-electron chi connectivity index (χ1n) is 18.5. The normalized spacial score (nSPS) is 11.8. The smallest absolute Gasteiger partial charge is 0.137 e. The zero-order chi connectivity index (χ0) is 36.0. The SMILES string of the molecule is CCCCc1ccnc(-n2c3ccccc3c3ccc(Oc4cc(C(C)C)cc(-n5nc(C)c(-c6c(C)cc(C)cc6C)c5C(C)C)c4)cc32)c1. The topological polar surface area (TPSA) is 44.9 Å². The number of aryl methyl sites for hydroxylation is 5. The van der Waals surface area contributed by atoms with Gasteiger partial charge in [-0.25, -0.2) is 9.67 Å². The maximum Gasteiger partial charge on any atom is 0.137 e. The Morgan fingerprint density at radius 3 is 2.18 bits per heavy atom. The van der Waals surface area contributed by atoms with Gasteiger partial charge < -0.3 is 4.74 Å². The summed E-state index contributed by atoms with van der Waals surface area (Å²) >= 11 is 0. The maximum absolute atomic E-state index is 6.80. The largest absolute Gasteiger partial charge is 0.457 e. The van der Waals surface area contributed by atoms with E-state index in [4.69, 9.17) is 14.8 Å². The van der Waals surface area contributed by atoms with E-state index >= 15 is 0 Å². The Balaban J connectivity index is 1.35.